The summed E-state index contributed by atoms with van der Waals surface area (Å²) in [6.45, 7) is 7.70. The molecule has 208 valence electrons. The number of halogens is 1. The molecule has 7 atom stereocenters. The van der Waals surface area contributed by atoms with Crippen molar-refractivity contribution in [1.82, 2.24) is 10.3 Å². The van der Waals surface area contributed by atoms with E-state index in [2.05, 4.69) is 16.9 Å². The first kappa shape index (κ1) is 28.6. The number of rotatable bonds is 4. The van der Waals surface area contributed by atoms with Crippen LogP contribution in [0.15, 0.2) is 42.9 Å². The normalized spacial score (nSPS) is 36.6. The Hall–Kier alpha value is -2.42. The van der Waals surface area contributed by atoms with Gasteiger partial charge in [-0.25, -0.2) is 4.39 Å². The van der Waals surface area contributed by atoms with Gasteiger partial charge >= 0.3 is 0 Å². The van der Waals surface area contributed by atoms with E-state index in [9.17, 15) is 19.8 Å². The number of hydrogen-bond donors (Lipinski definition) is 3. The highest BCUT2D eigenvalue weighted by molar-refractivity contribution is 5.90. The third kappa shape index (κ3) is 6.08. The zero-order valence-electron chi connectivity index (χ0n) is 22.4. The molecule has 2 aliphatic heterocycles. The van der Waals surface area contributed by atoms with Gasteiger partial charge in [0, 0.05) is 18.5 Å². The number of nitrogens with zero attached hydrogens (tertiary/aromatic N) is 1. The van der Waals surface area contributed by atoms with Crippen LogP contribution in [0.4, 0.5) is 4.39 Å². The van der Waals surface area contributed by atoms with Crippen molar-refractivity contribution in [2.75, 3.05) is 0 Å². The van der Waals surface area contributed by atoms with E-state index in [0.717, 1.165) is 19.3 Å². The number of nitrogens with one attached hydrogen (secondary N) is 1. The Bertz CT molecular complexity index is 1040. The Balaban J connectivity index is 1.61. The Morgan fingerprint density at radius 1 is 1.26 bits per heavy atom. The number of amides is 1. The first-order valence-electron chi connectivity index (χ1n) is 13.9. The van der Waals surface area contributed by atoms with Gasteiger partial charge in [-0.05, 0) is 63.2 Å². The predicted octanol–water partition coefficient (Wildman–Crippen LogP) is 4.29. The summed E-state index contributed by atoms with van der Waals surface area (Å²) >= 11 is 0. The van der Waals surface area contributed by atoms with Crippen molar-refractivity contribution in [3.8, 4) is 0 Å². The van der Waals surface area contributed by atoms with Crippen LogP contribution in [-0.4, -0.2) is 56.8 Å². The molecule has 1 spiro atoms. The number of aliphatic hydroxyl groups excluding tert-OH is 2. The largest absolute Gasteiger partial charge is 0.392 e. The molecule has 1 aromatic rings. The van der Waals surface area contributed by atoms with E-state index in [0.29, 0.717) is 31.4 Å². The molecular formula is C30H41FN2O5. The van der Waals surface area contributed by atoms with Crippen LogP contribution in [0.25, 0.3) is 6.08 Å². The van der Waals surface area contributed by atoms with Crippen LogP contribution < -0.4 is 5.32 Å². The van der Waals surface area contributed by atoms with Crippen LogP contribution in [0.3, 0.4) is 0 Å². The standard InChI is InChI=1S/C30H41FN2O5/c1-4-9-21-27(36)19(2)10-7-12-29(3)25(38-29)17-23(22(31)16-20-11-5-6-15-32-20)33-26(35)18-24(34)30(28(21)37)13-8-14-30/h4-6,11,15-16,19,21,23-25,27,34,36H,1,7-10,12-14,17-18H2,2-3H3,(H,33,35)/b22-16-. The van der Waals surface area contributed by atoms with E-state index in [1.165, 1.54) is 6.08 Å². The van der Waals surface area contributed by atoms with Crippen molar-refractivity contribution >= 4 is 17.8 Å². The topological polar surface area (TPSA) is 112 Å². The summed E-state index contributed by atoms with van der Waals surface area (Å²) in [5, 5.41) is 25.1. The molecule has 7 nitrogen and oxygen atoms in total. The fraction of sp³-hybridized carbons (Fsp3) is 0.633. The first-order chi connectivity index (χ1) is 18.1. The van der Waals surface area contributed by atoms with E-state index in [-0.39, 0.29) is 30.6 Å². The molecule has 0 radical (unpaired) electrons. The van der Waals surface area contributed by atoms with Crippen molar-refractivity contribution in [1.29, 1.82) is 0 Å². The smallest absolute Gasteiger partial charge is 0.223 e. The highest BCUT2D eigenvalue weighted by Gasteiger charge is 2.55. The van der Waals surface area contributed by atoms with Crippen molar-refractivity contribution in [2.45, 2.75) is 102 Å². The molecule has 0 aromatic carbocycles. The van der Waals surface area contributed by atoms with Crippen molar-refractivity contribution in [3.05, 3.63) is 48.6 Å². The monoisotopic (exact) mass is 528 g/mol. The summed E-state index contributed by atoms with van der Waals surface area (Å²) in [4.78, 5) is 31.1. The third-order valence-electron chi connectivity index (χ3n) is 8.97. The number of ketones is 1. The lowest BCUT2D eigenvalue weighted by molar-refractivity contribution is -0.155. The number of pyridine rings is 1. The van der Waals surface area contributed by atoms with Crippen LogP contribution >= 0.6 is 0 Å². The minimum atomic E-state index is -1.22. The number of hydrogen-bond acceptors (Lipinski definition) is 6. The lowest BCUT2D eigenvalue weighted by Gasteiger charge is -2.46. The summed E-state index contributed by atoms with van der Waals surface area (Å²) in [5.74, 6) is -2.11. The van der Waals surface area contributed by atoms with Gasteiger partial charge in [0.2, 0.25) is 5.91 Å². The number of carbonyl (C=O) groups excluding carboxylic acids is 2. The second-order valence-electron chi connectivity index (χ2n) is 11.6. The Labute approximate surface area is 224 Å². The Morgan fingerprint density at radius 3 is 2.66 bits per heavy atom. The van der Waals surface area contributed by atoms with E-state index < -0.39 is 46.9 Å². The molecule has 8 heteroatoms. The second-order valence-corrected chi connectivity index (χ2v) is 11.6. The predicted molar refractivity (Wildman–Crippen MR) is 142 cm³/mol. The quantitative estimate of drug-likeness (QED) is 0.397. The number of epoxide rings is 1. The average molecular weight is 529 g/mol. The van der Waals surface area contributed by atoms with Gasteiger partial charge in [-0.2, -0.15) is 0 Å². The maximum absolute atomic E-state index is 15.5. The Morgan fingerprint density at radius 2 is 2.03 bits per heavy atom. The van der Waals surface area contributed by atoms with E-state index in [1.54, 1.807) is 30.5 Å². The maximum Gasteiger partial charge on any atom is 0.223 e. The van der Waals surface area contributed by atoms with Gasteiger partial charge in [-0.1, -0.05) is 31.9 Å². The van der Waals surface area contributed by atoms with Crippen LogP contribution in [0.2, 0.25) is 0 Å². The van der Waals surface area contributed by atoms with Crippen LogP contribution in [-0.2, 0) is 14.3 Å². The van der Waals surface area contributed by atoms with Gasteiger partial charge in [0.05, 0.1) is 47.5 Å². The molecule has 1 aromatic heterocycles. The third-order valence-corrected chi connectivity index (χ3v) is 8.97. The van der Waals surface area contributed by atoms with Gasteiger partial charge in [-0.15, -0.1) is 6.58 Å². The molecule has 3 aliphatic rings. The average Bonchev–Trinajstić information content (AvgIpc) is 3.49. The summed E-state index contributed by atoms with van der Waals surface area (Å²) in [5.41, 5.74) is -1.09. The van der Waals surface area contributed by atoms with Gasteiger partial charge in [0.25, 0.3) is 0 Å². The van der Waals surface area contributed by atoms with Crippen molar-refractivity contribution in [3.63, 3.8) is 0 Å². The highest BCUT2D eigenvalue weighted by atomic mass is 19.1. The maximum atomic E-state index is 15.5. The van der Waals surface area contributed by atoms with Gasteiger partial charge in [0.15, 0.2) is 0 Å². The molecule has 3 heterocycles. The van der Waals surface area contributed by atoms with Crippen LogP contribution in [0.5, 0.6) is 0 Å². The fourth-order valence-electron chi connectivity index (χ4n) is 6.18. The number of aliphatic hydroxyl groups is 2. The summed E-state index contributed by atoms with van der Waals surface area (Å²) in [6.07, 6.45) is 6.29. The molecule has 4 rings (SSSR count). The van der Waals surface area contributed by atoms with Gasteiger partial charge in [0.1, 0.15) is 11.6 Å². The van der Waals surface area contributed by atoms with Crippen molar-refractivity contribution in [2.24, 2.45) is 17.3 Å². The van der Waals surface area contributed by atoms with Crippen LogP contribution in [0, 0.1) is 17.3 Å². The van der Waals surface area contributed by atoms with Crippen molar-refractivity contribution < 1.29 is 28.9 Å². The van der Waals surface area contributed by atoms with E-state index in [4.69, 9.17) is 4.74 Å². The summed E-state index contributed by atoms with van der Waals surface area (Å²) in [6, 6.07) is 4.23. The SMILES string of the molecule is C=CCC1C(=O)C2(CCC2)C(O)CC(=O)NC(/C(F)=C/c2ccccn2)CC2OC2(C)CCCC(C)C1O. The molecular weight excluding hydrogens is 487 g/mol. The van der Waals surface area contributed by atoms with Gasteiger partial charge < -0.3 is 20.3 Å². The number of fused-ring (bicyclic) bond motifs is 1. The second kappa shape index (κ2) is 11.8. The molecule has 3 fully saturated rings. The van der Waals surface area contributed by atoms with E-state index >= 15 is 4.39 Å². The summed E-state index contributed by atoms with van der Waals surface area (Å²) < 4.78 is 21.4. The molecule has 38 heavy (non-hydrogen) atoms. The molecule has 1 aliphatic carbocycles. The molecule has 1 amide bonds. The lowest BCUT2D eigenvalue weighted by atomic mass is 9.58. The highest BCUT2D eigenvalue weighted by Crippen LogP contribution is 2.49. The summed E-state index contributed by atoms with van der Waals surface area (Å²) in [7, 11) is 0. The zero-order valence-corrected chi connectivity index (χ0v) is 22.4. The molecule has 7 unspecified atom stereocenters. The lowest BCUT2D eigenvalue weighted by Crippen LogP contribution is -2.54. The minimum Gasteiger partial charge on any atom is -0.392 e. The van der Waals surface area contributed by atoms with E-state index in [1.807, 2.05) is 13.8 Å². The number of allylic oxidation sites excluding steroid dienone is 1. The molecule has 0 bridgehead atoms. The molecule has 2 saturated heterocycles. The number of aromatic nitrogens is 1. The number of Topliss-reactive ketones (excluding diaryl/α,β-unsaturated/α-hetero) is 1. The fourth-order valence-corrected chi connectivity index (χ4v) is 6.18. The zero-order chi connectivity index (χ0) is 27.5. The minimum absolute atomic E-state index is 0.137. The molecule has 1 saturated carbocycles. The van der Waals surface area contributed by atoms with Gasteiger partial charge in [-0.3, -0.25) is 14.6 Å². The first-order valence-corrected chi connectivity index (χ1v) is 13.9. The Kier molecular flexibility index (Phi) is 8.85. The molecule has 3 N–H and O–H groups in total. The number of ether oxygens (including phenoxy) is 1. The van der Waals surface area contributed by atoms with Crippen LogP contribution in [0.1, 0.15) is 77.3 Å². The number of carbonyl (C=O) groups is 2.